The highest BCUT2D eigenvalue weighted by molar-refractivity contribution is 6.06. The van der Waals surface area contributed by atoms with Crippen molar-refractivity contribution in [3.8, 4) is 11.8 Å². The van der Waals surface area contributed by atoms with Gasteiger partial charge in [0.2, 0.25) is 0 Å². The second-order valence-electron chi connectivity index (χ2n) is 4.15. The Morgan fingerprint density at radius 1 is 1.35 bits per heavy atom. The molecule has 5 heteroatoms. The predicted molar refractivity (Wildman–Crippen MR) is 74.6 cm³/mol. The van der Waals surface area contributed by atoms with Gasteiger partial charge in [-0.15, -0.1) is 0 Å². The molecule has 5 nitrogen and oxygen atoms in total. The highest BCUT2D eigenvalue weighted by Gasteiger charge is 2.14. The van der Waals surface area contributed by atoms with Crippen LogP contribution in [0.15, 0.2) is 24.3 Å². The zero-order valence-electron chi connectivity index (χ0n) is 10.8. The molecule has 3 N–H and O–H groups in total. The summed E-state index contributed by atoms with van der Waals surface area (Å²) in [6, 6.07) is 6.29. The molecule has 0 atom stereocenters. The van der Waals surface area contributed by atoms with E-state index in [4.69, 9.17) is 5.73 Å². The molecule has 1 aromatic carbocycles. The molecule has 0 aliphatic heterocycles. The standard InChI is InChI=1S/C15H12N2O3/c1-9(18)14-8-12(15(19)20)11-7-10(3-2-6-16)4-5-13(11)17-14/h4-5,7-8H,6,16H2,1H3,(H,19,20). The molecule has 0 radical (unpaired) electrons. The van der Waals surface area contributed by atoms with Gasteiger partial charge >= 0.3 is 5.97 Å². The van der Waals surface area contributed by atoms with Crippen LogP contribution in [0.2, 0.25) is 0 Å². The quantitative estimate of drug-likeness (QED) is 0.635. The molecule has 20 heavy (non-hydrogen) atoms. The molecule has 0 aliphatic carbocycles. The van der Waals surface area contributed by atoms with E-state index in [0.29, 0.717) is 16.5 Å². The maximum absolute atomic E-state index is 11.4. The van der Waals surface area contributed by atoms with Crippen molar-refractivity contribution in [1.29, 1.82) is 0 Å². The Morgan fingerprint density at radius 2 is 2.10 bits per heavy atom. The molecule has 0 saturated carbocycles. The van der Waals surface area contributed by atoms with Crippen molar-refractivity contribution < 1.29 is 14.7 Å². The highest BCUT2D eigenvalue weighted by Crippen LogP contribution is 2.20. The zero-order chi connectivity index (χ0) is 14.7. The molecule has 0 saturated heterocycles. The van der Waals surface area contributed by atoms with Gasteiger partial charge in [0.05, 0.1) is 17.6 Å². The van der Waals surface area contributed by atoms with Crippen molar-refractivity contribution in [2.45, 2.75) is 6.92 Å². The van der Waals surface area contributed by atoms with Gasteiger partial charge < -0.3 is 10.8 Å². The number of aromatic nitrogens is 1. The second-order valence-corrected chi connectivity index (χ2v) is 4.15. The Labute approximate surface area is 115 Å². The van der Waals surface area contributed by atoms with Gasteiger partial charge in [-0.2, -0.15) is 0 Å². The van der Waals surface area contributed by atoms with E-state index >= 15 is 0 Å². The van der Waals surface area contributed by atoms with Crippen molar-refractivity contribution >= 4 is 22.7 Å². The third-order valence-corrected chi connectivity index (χ3v) is 2.73. The molecule has 0 unspecified atom stereocenters. The van der Waals surface area contributed by atoms with Crippen molar-refractivity contribution in [3.63, 3.8) is 0 Å². The highest BCUT2D eigenvalue weighted by atomic mass is 16.4. The number of ketones is 1. The number of Topliss-reactive ketones (excluding diaryl/α,β-unsaturated/α-hetero) is 1. The molecule has 0 spiro atoms. The minimum Gasteiger partial charge on any atom is -0.478 e. The molecule has 2 aromatic rings. The van der Waals surface area contributed by atoms with Crippen LogP contribution in [0.4, 0.5) is 0 Å². The van der Waals surface area contributed by atoms with Crippen LogP contribution in [0.1, 0.15) is 33.3 Å². The van der Waals surface area contributed by atoms with Crippen LogP contribution < -0.4 is 5.73 Å². The third-order valence-electron chi connectivity index (χ3n) is 2.73. The first-order valence-corrected chi connectivity index (χ1v) is 5.91. The van der Waals surface area contributed by atoms with Gasteiger partial charge in [0, 0.05) is 17.9 Å². The number of carbonyl (C=O) groups excluding carboxylic acids is 1. The molecule has 0 bridgehead atoms. The van der Waals surface area contributed by atoms with Crippen LogP contribution in [0, 0.1) is 11.8 Å². The van der Waals surface area contributed by atoms with Crippen molar-refractivity contribution in [2.24, 2.45) is 5.73 Å². The van der Waals surface area contributed by atoms with Gasteiger partial charge in [0.25, 0.3) is 0 Å². The van der Waals surface area contributed by atoms with Crippen molar-refractivity contribution in [2.75, 3.05) is 6.54 Å². The number of hydrogen-bond acceptors (Lipinski definition) is 4. The van der Waals surface area contributed by atoms with Gasteiger partial charge in [-0.25, -0.2) is 9.78 Å². The Bertz CT molecular complexity index is 770. The first-order chi connectivity index (χ1) is 9.52. The number of fused-ring (bicyclic) bond motifs is 1. The molecule has 0 amide bonds. The summed E-state index contributed by atoms with van der Waals surface area (Å²) in [5.41, 5.74) is 6.58. The van der Waals surface area contributed by atoms with Crippen LogP contribution in [0.25, 0.3) is 10.9 Å². The topological polar surface area (TPSA) is 93.3 Å². The van der Waals surface area contributed by atoms with Crippen LogP contribution in [-0.4, -0.2) is 28.4 Å². The monoisotopic (exact) mass is 268 g/mol. The number of pyridine rings is 1. The average molecular weight is 268 g/mol. The average Bonchev–Trinajstić information content (AvgIpc) is 2.43. The SMILES string of the molecule is CC(=O)c1cc(C(=O)O)c2cc(C#CCN)ccc2n1. The summed E-state index contributed by atoms with van der Waals surface area (Å²) in [7, 11) is 0. The first-order valence-electron chi connectivity index (χ1n) is 5.91. The van der Waals surface area contributed by atoms with E-state index in [1.165, 1.54) is 13.0 Å². The van der Waals surface area contributed by atoms with Crippen LogP contribution >= 0.6 is 0 Å². The van der Waals surface area contributed by atoms with E-state index in [1.807, 2.05) is 0 Å². The summed E-state index contributed by atoms with van der Waals surface area (Å²) < 4.78 is 0. The maximum atomic E-state index is 11.4. The lowest BCUT2D eigenvalue weighted by Crippen LogP contribution is -2.05. The van der Waals surface area contributed by atoms with Gasteiger partial charge in [0.15, 0.2) is 5.78 Å². The van der Waals surface area contributed by atoms with E-state index in [2.05, 4.69) is 16.8 Å². The number of rotatable bonds is 2. The minimum atomic E-state index is -1.11. The third kappa shape index (κ3) is 2.66. The molecule has 2 rings (SSSR count). The summed E-state index contributed by atoms with van der Waals surface area (Å²) in [6.45, 7) is 1.58. The molecular weight excluding hydrogens is 256 g/mol. The lowest BCUT2D eigenvalue weighted by Gasteiger charge is -2.05. The number of nitrogens with zero attached hydrogens (tertiary/aromatic N) is 1. The number of nitrogens with two attached hydrogens (primary N) is 1. The van der Waals surface area contributed by atoms with Crippen LogP contribution in [-0.2, 0) is 0 Å². The predicted octanol–water partition coefficient (Wildman–Crippen LogP) is 1.45. The smallest absolute Gasteiger partial charge is 0.336 e. The number of carboxylic acid groups (broad SMARTS) is 1. The number of aromatic carboxylic acids is 1. The summed E-state index contributed by atoms with van der Waals surface area (Å²) in [5, 5.41) is 9.71. The number of benzene rings is 1. The normalized spacial score (nSPS) is 9.90. The fourth-order valence-corrected chi connectivity index (χ4v) is 1.81. The largest absolute Gasteiger partial charge is 0.478 e. The van der Waals surface area contributed by atoms with E-state index in [-0.39, 0.29) is 23.6 Å². The Balaban J connectivity index is 2.73. The van der Waals surface area contributed by atoms with E-state index in [1.54, 1.807) is 18.2 Å². The van der Waals surface area contributed by atoms with Crippen molar-refractivity contribution in [1.82, 2.24) is 4.98 Å². The molecule has 0 aliphatic rings. The molecule has 1 heterocycles. The van der Waals surface area contributed by atoms with E-state index < -0.39 is 5.97 Å². The van der Waals surface area contributed by atoms with Crippen molar-refractivity contribution in [3.05, 3.63) is 41.1 Å². The number of hydrogen-bond donors (Lipinski definition) is 2. The Kier molecular flexibility index (Phi) is 3.78. The molecule has 100 valence electrons. The van der Waals surface area contributed by atoms with Crippen LogP contribution in [0.3, 0.4) is 0 Å². The minimum absolute atomic E-state index is 0.0385. The molecular formula is C15H12N2O3. The number of carboxylic acids is 1. The van der Waals surface area contributed by atoms with Gasteiger partial charge in [-0.05, 0) is 24.3 Å². The molecule has 0 fully saturated rings. The Hall–Kier alpha value is -2.71. The summed E-state index contributed by atoms with van der Waals surface area (Å²) in [4.78, 5) is 26.9. The maximum Gasteiger partial charge on any atom is 0.336 e. The van der Waals surface area contributed by atoms with Gasteiger partial charge in [0.1, 0.15) is 5.69 Å². The fraction of sp³-hybridized carbons (Fsp3) is 0.133. The summed E-state index contributed by atoms with van der Waals surface area (Å²) in [6.07, 6.45) is 0. The van der Waals surface area contributed by atoms with E-state index in [9.17, 15) is 14.7 Å². The fourth-order valence-electron chi connectivity index (χ4n) is 1.81. The Morgan fingerprint density at radius 3 is 2.70 bits per heavy atom. The number of carbonyl (C=O) groups is 2. The van der Waals surface area contributed by atoms with Crippen LogP contribution in [0.5, 0.6) is 0 Å². The second kappa shape index (κ2) is 5.51. The zero-order valence-corrected chi connectivity index (χ0v) is 10.8. The lowest BCUT2D eigenvalue weighted by molar-refractivity contribution is 0.0699. The van der Waals surface area contributed by atoms with Gasteiger partial charge in [-0.1, -0.05) is 11.8 Å². The summed E-state index contributed by atoms with van der Waals surface area (Å²) in [5.74, 6) is 4.16. The molecule has 1 aromatic heterocycles. The van der Waals surface area contributed by atoms with E-state index in [0.717, 1.165) is 0 Å². The summed E-state index contributed by atoms with van der Waals surface area (Å²) >= 11 is 0. The lowest BCUT2D eigenvalue weighted by atomic mass is 10.0. The first kappa shape index (κ1) is 13.7. The van der Waals surface area contributed by atoms with Gasteiger partial charge in [-0.3, -0.25) is 4.79 Å².